The van der Waals surface area contributed by atoms with Gasteiger partial charge in [-0.2, -0.15) is 0 Å². The van der Waals surface area contributed by atoms with Crippen LogP contribution in [-0.4, -0.2) is 15.0 Å². The third kappa shape index (κ3) is 3.51. The quantitative estimate of drug-likeness (QED) is 0.747. The Labute approximate surface area is 131 Å². The van der Waals surface area contributed by atoms with Gasteiger partial charge in [0.2, 0.25) is 0 Å². The van der Waals surface area contributed by atoms with Gasteiger partial charge >= 0.3 is 0 Å². The average molecular weight is 370 g/mol. The van der Waals surface area contributed by atoms with Gasteiger partial charge in [0.1, 0.15) is 5.82 Å². The summed E-state index contributed by atoms with van der Waals surface area (Å²) in [5.74, 6) is -0.480. The molecule has 2 rings (SSSR count). The van der Waals surface area contributed by atoms with Crippen molar-refractivity contribution in [2.75, 3.05) is 10.8 Å². The minimum atomic E-state index is -3.78. The first-order chi connectivity index (χ1) is 9.95. The van der Waals surface area contributed by atoms with Crippen molar-refractivity contribution >= 4 is 31.6 Å². The topological polar surface area (TPSA) is 37.4 Å². The highest BCUT2D eigenvalue weighted by molar-refractivity contribution is 9.10. The van der Waals surface area contributed by atoms with Gasteiger partial charge < -0.3 is 0 Å². The van der Waals surface area contributed by atoms with Crippen LogP contribution in [0.3, 0.4) is 0 Å². The van der Waals surface area contributed by atoms with Crippen LogP contribution >= 0.6 is 15.9 Å². The lowest BCUT2D eigenvalue weighted by atomic mass is 10.3. The van der Waals surface area contributed by atoms with Crippen LogP contribution in [0.25, 0.3) is 0 Å². The van der Waals surface area contributed by atoms with Crippen LogP contribution in [0, 0.1) is 5.82 Å². The zero-order chi connectivity index (χ0) is 15.5. The van der Waals surface area contributed by atoms with E-state index in [1.54, 1.807) is 24.3 Å². The van der Waals surface area contributed by atoms with E-state index >= 15 is 0 Å². The molecule has 3 nitrogen and oxygen atoms in total. The van der Waals surface area contributed by atoms with Crippen molar-refractivity contribution in [2.24, 2.45) is 0 Å². The van der Waals surface area contributed by atoms with E-state index in [0.717, 1.165) is 16.6 Å². The molecule has 0 N–H and O–H groups in total. The fourth-order valence-electron chi connectivity index (χ4n) is 1.82. The van der Waals surface area contributed by atoms with E-state index in [2.05, 4.69) is 22.5 Å². The van der Waals surface area contributed by atoms with E-state index in [9.17, 15) is 12.8 Å². The number of halogens is 2. The first-order valence-electron chi connectivity index (χ1n) is 6.10. The minimum Gasteiger partial charge on any atom is -0.262 e. The Morgan fingerprint density at radius 1 is 1.19 bits per heavy atom. The van der Waals surface area contributed by atoms with Gasteiger partial charge in [0.05, 0.1) is 17.1 Å². The summed E-state index contributed by atoms with van der Waals surface area (Å²) in [5.41, 5.74) is 0.508. The van der Waals surface area contributed by atoms with Crippen molar-refractivity contribution in [1.29, 1.82) is 0 Å². The fraction of sp³-hybridized carbons (Fsp3) is 0.0667. The average Bonchev–Trinajstić information content (AvgIpc) is 2.45. The number of hydrogen-bond acceptors (Lipinski definition) is 2. The first-order valence-corrected chi connectivity index (χ1v) is 8.33. The molecule has 110 valence electrons. The zero-order valence-electron chi connectivity index (χ0n) is 11.0. The zero-order valence-corrected chi connectivity index (χ0v) is 13.4. The van der Waals surface area contributed by atoms with Crippen LogP contribution < -0.4 is 4.31 Å². The largest absolute Gasteiger partial charge is 0.264 e. The van der Waals surface area contributed by atoms with Crippen molar-refractivity contribution in [2.45, 2.75) is 4.90 Å². The standard InChI is InChI=1S/C15H13BrFNO2S/c1-2-10-18(14-5-3-4-12(16)11-14)21(19,20)15-8-6-13(17)7-9-15/h2-9,11H,1,10H2. The second kappa shape index (κ2) is 6.41. The van der Waals surface area contributed by atoms with E-state index in [-0.39, 0.29) is 11.4 Å². The minimum absolute atomic E-state index is 0.0331. The summed E-state index contributed by atoms with van der Waals surface area (Å²) in [6.07, 6.45) is 1.50. The number of rotatable bonds is 5. The van der Waals surface area contributed by atoms with E-state index in [1.807, 2.05) is 0 Å². The van der Waals surface area contributed by atoms with Crippen LogP contribution in [0.2, 0.25) is 0 Å². The molecular formula is C15H13BrFNO2S. The first kappa shape index (κ1) is 15.7. The van der Waals surface area contributed by atoms with Crippen molar-refractivity contribution in [1.82, 2.24) is 0 Å². The van der Waals surface area contributed by atoms with E-state index in [4.69, 9.17) is 0 Å². The van der Waals surface area contributed by atoms with Gasteiger partial charge in [-0.1, -0.05) is 28.1 Å². The van der Waals surface area contributed by atoms with Gasteiger partial charge in [-0.15, -0.1) is 6.58 Å². The Morgan fingerprint density at radius 2 is 1.86 bits per heavy atom. The molecule has 0 fully saturated rings. The maximum atomic E-state index is 13.0. The molecule has 0 amide bonds. The van der Waals surface area contributed by atoms with Crippen molar-refractivity contribution < 1.29 is 12.8 Å². The molecule has 2 aromatic rings. The molecule has 0 bridgehead atoms. The maximum absolute atomic E-state index is 13.0. The van der Waals surface area contributed by atoms with Crippen LogP contribution in [0.1, 0.15) is 0 Å². The summed E-state index contributed by atoms with van der Waals surface area (Å²) >= 11 is 3.32. The van der Waals surface area contributed by atoms with Gasteiger partial charge in [0.25, 0.3) is 10.0 Å². The number of hydrogen-bond donors (Lipinski definition) is 0. The van der Waals surface area contributed by atoms with Gasteiger partial charge in [0.15, 0.2) is 0 Å². The highest BCUT2D eigenvalue weighted by Gasteiger charge is 2.24. The number of anilines is 1. The SMILES string of the molecule is C=CCN(c1cccc(Br)c1)S(=O)(=O)c1ccc(F)cc1. The Hall–Kier alpha value is -1.66. The van der Waals surface area contributed by atoms with E-state index in [0.29, 0.717) is 5.69 Å². The summed E-state index contributed by atoms with van der Waals surface area (Å²) in [4.78, 5) is 0.0331. The van der Waals surface area contributed by atoms with Gasteiger partial charge in [-0.25, -0.2) is 12.8 Å². The molecule has 0 aliphatic rings. The molecule has 0 atom stereocenters. The summed E-state index contributed by atoms with van der Waals surface area (Å²) in [7, 11) is -3.78. The predicted octanol–water partition coefficient (Wildman–Crippen LogP) is 3.97. The Morgan fingerprint density at radius 3 is 2.43 bits per heavy atom. The molecule has 0 aliphatic carbocycles. The lowest BCUT2D eigenvalue weighted by Crippen LogP contribution is -2.31. The van der Waals surface area contributed by atoms with Crippen LogP contribution in [0.15, 0.2) is 70.6 Å². The highest BCUT2D eigenvalue weighted by Crippen LogP contribution is 2.26. The van der Waals surface area contributed by atoms with Crippen LogP contribution in [-0.2, 0) is 10.0 Å². The molecule has 0 heterocycles. The number of sulfonamides is 1. The fourth-order valence-corrected chi connectivity index (χ4v) is 3.64. The van der Waals surface area contributed by atoms with Crippen LogP contribution in [0.4, 0.5) is 10.1 Å². The Kier molecular flexibility index (Phi) is 4.80. The summed E-state index contributed by atoms with van der Waals surface area (Å²) < 4.78 is 40.3. The lowest BCUT2D eigenvalue weighted by molar-refractivity contribution is 0.591. The maximum Gasteiger partial charge on any atom is 0.264 e. The normalized spacial score (nSPS) is 11.1. The predicted molar refractivity (Wildman–Crippen MR) is 85.3 cm³/mol. The molecule has 0 radical (unpaired) electrons. The number of nitrogens with zero attached hydrogens (tertiary/aromatic N) is 1. The van der Waals surface area contributed by atoms with Gasteiger partial charge in [-0.05, 0) is 42.5 Å². The Bertz CT molecular complexity index is 745. The number of benzene rings is 2. The molecule has 21 heavy (non-hydrogen) atoms. The van der Waals surface area contributed by atoms with Gasteiger partial charge in [-0.3, -0.25) is 4.31 Å². The molecule has 0 aromatic heterocycles. The molecule has 0 spiro atoms. The second-order valence-electron chi connectivity index (χ2n) is 4.26. The summed E-state index contributed by atoms with van der Waals surface area (Å²) in [6, 6.07) is 11.7. The molecule has 0 unspecified atom stereocenters. The third-order valence-corrected chi connectivity index (χ3v) is 5.09. The molecule has 6 heteroatoms. The van der Waals surface area contributed by atoms with E-state index < -0.39 is 15.8 Å². The van der Waals surface area contributed by atoms with E-state index in [1.165, 1.54) is 22.5 Å². The second-order valence-corrected chi connectivity index (χ2v) is 7.04. The monoisotopic (exact) mass is 369 g/mol. The Balaban J connectivity index is 2.50. The molecule has 0 saturated heterocycles. The molecule has 0 aliphatic heterocycles. The molecule has 0 saturated carbocycles. The van der Waals surface area contributed by atoms with Crippen molar-refractivity contribution in [3.8, 4) is 0 Å². The van der Waals surface area contributed by atoms with Crippen molar-refractivity contribution in [3.63, 3.8) is 0 Å². The third-order valence-electron chi connectivity index (χ3n) is 2.79. The van der Waals surface area contributed by atoms with Gasteiger partial charge in [0, 0.05) is 4.47 Å². The molecule has 2 aromatic carbocycles. The lowest BCUT2D eigenvalue weighted by Gasteiger charge is -2.23. The summed E-state index contributed by atoms with van der Waals surface area (Å²) in [6.45, 7) is 3.71. The molecular weight excluding hydrogens is 357 g/mol. The highest BCUT2D eigenvalue weighted by atomic mass is 79.9. The smallest absolute Gasteiger partial charge is 0.262 e. The summed E-state index contributed by atoms with van der Waals surface area (Å²) in [5, 5.41) is 0. The van der Waals surface area contributed by atoms with Crippen molar-refractivity contribution in [3.05, 3.63) is 71.5 Å². The van der Waals surface area contributed by atoms with Crippen LogP contribution in [0.5, 0.6) is 0 Å².